The predicted octanol–water partition coefficient (Wildman–Crippen LogP) is -1.05. The van der Waals surface area contributed by atoms with Crippen molar-refractivity contribution in [2.45, 2.75) is 12.6 Å². The number of nitrogens with one attached hydrogen (secondary N) is 1. The zero-order valence-corrected chi connectivity index (χ0v) is 10.1. The highest BCUT2D eigenvalue weighted by molar-refractivity contribution is 5.84. The van der Waals surface area contributed by atoms with Gasteiger partial charge in [-0.2, -0.15) is 10.2 Å². The first-order chi connectivity index (χ1) is 9.06. The van der Waals surface area contributed by atoms with Crippen LogP contribution in [0.2, 0.25) is 0 Å². The number of amides is 1. The Bertz CT molecular complexity index is 576. The second-order valence-corrected chi connectivity index (χ2v) is 3.88. The number of carboxylic acids is 1. The van der Waals surface area contributed by atoms with E-state index in [1.54, 1.807) is 7.05 Å². The maximum absolute atomic E-state index is 11.7. The minimum atomic E-state index is -1.15. The Labute approximate surface area is 107 Å². The van der Waals surface area contributed by atoms with Crippen molar-refractivity contribution in [3.63, 3.8) is 0 Å². The van der Waals surface area contributed by atoms with Crippen molar-refractivity contribution in [2.24, 2.45) is 7.05 Å². The van der Waals surface area contributed by atoms with Gasteiger partial charge < -0.3 is 10.4 Å². The minimum Gasteiger partial charge on any atom is -0.479 e. The van der Waals surface area contributed by atoms with E-state index in [9.17, 15) is 9.59 Å². The van der Waals surface area contributed by atoms with Crippen LogP contribution in [0.1, 0.15) is 11.6 Å². The number of hydrogen-bond acceptors (Lipinski definition) is 5. The van der Waals surface area contributed by atoms with Crippen molar-refractivity contribution < 1.29 is 14.7 Å². The molecule has 9 nitrogen and oxygen atoms in total. The van der Waals surface area contributed by atoms with E-state index in [1.807, 2.05) is 0 Å². The molecule has 2 rings (SSSR count). The van der Waals surface area contributed by atoms with Gasteiger partial charge in [-0.1, -0.05) is 0 Å². The van der Waals surface area contributed by atoms with Gasteiger partial charge in [-0.15, -0.1) is 0 Å². The van der Waals surface area contributed by atoms with Crippen LogP contribution in [-0.2, 0) is 23.2 Å². The Morgan fingerprint density at radius 2 is 2.26 bits per heavy atom. The zero-order chi connectivity index (χ0) is 13.8. The lowest BCUT2D eigenvalue weighted by molar-refractivity contribution is -0.142. The second kappa shape index (κ2) is 5.29. The lowest BCUT2D eigenvalue weighted by Crippen LogP contribution is -2.35. The maximum atomic E-state index is 11.7. The predicted molar refractivity (Wildman–Crippen MR) is 61.7 cm³/mol. The Morgan fingerprint density at radius 3 is 2.79 bits per heavy atom. The average Bonchev–Trinajstić information content (AvgIpc) is 2.97. The number of carboxylic acid groups (broad SMARTS) is 1. The molecule has 0 fully saturated rings. The molecule has 9 heteroatoms. The van der Waals surface area contributed by atoms with Crippen molar-refractivity contribution in [3.8, 4) is 0 Å². The molecule has 0 bridgehead atoms. The summed E-state index contributed by atoms with van der Waals surface area (Å²) in [7, 11) is 1.67. The van der Waals surface area contributed by atoms with Crippen molar-refractivity contribution in [1.29, 1.82) is 0 Å². The standard InChI is InChI=1S/C10H12N6O3/c1-15-3-7(2-12-15)9(10(18)19)14-8(17)4-16-6-11-5-13-16/h2-3,5-6,9H,4H2,1H3,(H,14,17)(H,18,19). The van der Waals surface area contributed by atoms with Gasteiger partial charge in [-0.25, -0.2) is 14.5 Å². The zero-order valence-electron chi connectivity index (χ0n) is 10.1. The molecule has 2 heterocycles. The highest BCUT2D eigenvalue weighted by Crippen LogP contribution is 2.11. The molecule has 0 radical (unpaired) electrons. The number of aromatic nitrogens is 5. The van der Waals surface area contributed by atoms with Crippen LogP contribution < -0.4 is 5.32 Å². The monoisotopic (exact) mass is 264 g/mol. The number of aryl methyl sites for hydroxylation is 1. The molecule has 0 aromatic carbocycles. The molecule has 0 aliphatic rings. The molecule has 0 saturated heterocycles. The summed E-state index contributed by atoms with van der Waals surface area (Å²) < 4.78 is 2.77. The molecule has 0 aliphatic carbocycles. The van der Waals surface area contributed by atoms with Gasteiger partial charge in [0.05, 0.1) is 6.20 Å². The molecule has 1 atom stereocenters. The van der Waals surface area contributed by atoms with Crippen LogP contribution in [0.5, 0.6) is 0 Å². The van der Waals surface area contributed by atoms with Crippen LogP contribution in [0.4, 0.5) is 0 Å². The molecule has 0 spiro atoms. The van der Waals surface area contributed by atoms with Crippen LogP contribution in [0.25, 0.3) is 0 Å². The highest BCUT2D eigenvalue weighted by atomic mass is 16.4. The summed E-state index contributed by atoms with van der Waals surface area (Å²) in [5.74, 6) is -1.62. The number of aliphatic carboxylic acids is 1. The molecule has 2 aromatic heterocycles. The van der Waals surface area contributed by atoms with Gasteiger partial charge in [0.1, 0.15) is 19.2 Å². The minimum absolute atomic E-state index is 0.0932. The molecule has 2 aromatic rings. The van der Waals surface area contributed by atoms with E-state index in [0.717, 1.165) is 0 Å². The van der Waals surface area contributed by atoms with Crippen molar-refractivity contribution in [2.75, 3.05) is 0 Å². The fraction of sp³-hybridized carbons (Fsp3) is 0.300. The van der Waals surface area contributed by atoms with E-state index < -0.39 is 17.9 Å². The summed E-state index contributed by atoms with van der Waals surface area (Å²) in [6.45, 7) is -0.0932. The molecule has 0 saturated carbocycles. The summed E-state index contributed by atoms with van der Waals surface area (Å²) >= 11 is 0. The number of carbonyl (C=O) groups is 2. The Hall–Kier alpha value is -2.71. The van der Waals surface area contributed by atoms with Gasteiger partial charge in [-0.3, -0.25) is 9.48 Å². The Morgan fingerprint density at radius 1 is 1.47 bits per heavy atom. The number of carbonyl (C=O) groups excluding carboxylic acids is 1. The Kier molecular flexibility index (Phi) is 3.55. The Balaban J connectivity index is 2.05. The van der Waals surface area contributed by atoms with Gasteiger partial charge in [0.2, 0.25) is 5.91 Å². The largest absolute Gasteiger partial charge is 0.479 e. The highest BCUT2D eigenvalue weighted by Gasteiger charge is 2.23. The van der Waals surface area contributed by atoms with Gasteiger partial charge in [-0.05, 0) is 0 Å². The first-order valence-electron chi connectivity index (χ1n) is 5.39. The van der Waals surface area contributed by atoms with Gasteiger partial charge >= 0.3 is 5.97 Å². The SMILES string of the molecule is Cn1cc(C(NC(=O)Cn2cncn2)C(=O)O)cn1. The lowest BCUT2D eigenvalue weighted by Gasteiger charge is -2.12. The van der Waals surface area contributed by atoms with E-state index in [4.69, 9.17) is 5.11 Å². The second-order valence-electron chi connectivity index (χ2n) is 3.88. The molecule has 19 heavy (non-hydrogen) atoms. The fourth-order valence-corrected chi connectivity index (χ4v) is 1.55. The first kappa shape index (κ1) is 12.7. The third-order valence-electron chi connectivity index (χ3n) is 2.38. The quantitative estimate of drug-likeness (QED) is 0.712. The summed E-state index contributed by atoms with van der Waals surface area (Å²) in [4.78, 5) is 26.6. The van der Waals surface area contributed by atoms with E-state index in [2.05, 4.69) is 20.5 Å². The molecule has 2 N–H and O–H groups in total. The van der Waals surface area contributed by atoms with Crippen molar-refractivity contribution >= 4 is 11.9 Å². The molecule has 100 valence electrons. The number of nitrogens with zero attached hydrogens (tertiary/aromatic N) is 5. The molecular weight excluding hydrogens is 252 g/mol. The number of rotatable bonds is 5. The van der Waals surface area contributed by atoms with Crippen LogP contribution in [0.15, 0.2) is 25.0 Å². The van der Waals surface area contributed by atoms with Crippen molar-refractivity contribution in [1.82, 2.24) is 29.9 Å². The summed E-state index contributed by atoms with van der Waals surface area (Å²) in [6.07, 6.45) is 5.60. The smallest absolute Gasteiger partial charge is 0.331 e. The average molecular weight is 264 g/mol. The van der Waals surface area contributed by atoms with Crippen molar-refractivity contribution in [3.05, 3.63) is 30.6 Å². The van der Waals surface area contributed by atoms with Gasteiger partial charge in [0.15, 0.2) is 6.04 Å². The summed E-state index contributed by atoms with van der Waals surface area (Å²) in [5.41, 5.74) is 0.405. The van der Waals surface area contributed by atoms with E-state index in [-0.39, 0.29) is 6.54 Å². The van der Waals surface area contributed by atoms with Crippen LogP contribution in [0.3, 0.4) is 0 Å². The van der Waals surface area contributed by atoms with E-state index in [0.29, 0.717) is 5.56 Å². The fourth-order valence-electron chi connectivity index (χ4n) is 1.55. The molecule has 1 amide bonds. The van der Waals surface area contributed by atoms with Crippen LogP contribution in [-0.4, -0.2) is 41.5 Å². The summed E-state index contributed by atoms with van der Waals surface area (Å²) in [5, 5.41) is 19.2. The van der Waals surface area contributed by atoms with E-state index in [1.165, 1.54) is 34.4 Å². The molecular formula is C10H12N6O3. The normalized spacial score (nSPS) is 12.1. The third-order valence-corrected chi connectivity index (χ3v) is 2.38. The van der Waals surface area contributed by atoms with Crippen LogP contribution in [0, 0.1) is 0 Å². The van der Waals surface area contributed by atoms with Gasteiger partial charge in [0.25, 0.3) is 0 Å². The first-order valence-corrected chi connectivity index (χ1v) is 5.39. The van der Waals surface area contributed by atoms with E-state index >= 15 is 0 Å². The molecule has 1 unspecified atom stereocenters. The molecule has 0 aliphatic heterocycles. The number of hydrogen-bond donors (Lipinski definition) is 2. The van der Waals surface area contributed by atoms with Gasteiger partial charge in [0, 0.05) is 18.8 Å². The third kappa shape index (κ3) is 3.15. The maximum Gasteiger partial charge on any atom is 0.331 e. The topological polar surface area (TPSA) is 115 Å². The summed E-state index contributed by atoms with van der Waals surface area (Å²) in [6, 6.07) is -1.13. The van der Waals surface area contributed by atoms with Crippen LogP contribution >= 0.6 is 0 Å². The lowest BCUT2D eigenvalue weighted by atomic mass is 10.1.